The number of halogens is 1. The number of fused-ring (bicyclic) bond motifs is 1. The summed E-state index contributed by atoms with van der Waals surface area (Å²) in [6, 6.07) is 4.90. The first-order valence-electron chi connectivity index (χ1n) is 6.68. The van der Waals surface area contributed by atoms with Gasteiger partial charge in [-0.3, -0.25) is 0 Å². The molecule has 0 radical (unpaired) electrons. The minimum atomic E-state index is -1.16. The van der Waals surface area contributed by atoms with Crippen LogP contribution in [0.25, 0.3) is 0 Å². The van der Waals surface area contributed by atoms with E-state index in [2.05, 4.69) is 11.9 Å². The monoisotopic (exact) mass is 260 g/mol. The van der Waals surface area contributed by atoms with Gasteiger partial charge in [0.05, 0.1) is 0 Å². The van der Waals surface area contributed by atoms with Crippen LogP contribution in [0.15, 0.2) is 30.6 Å². The van der Waals surface area contributed by atoms with Crippen molar-refractivity contribution in [3.8, 4) is 0 Å². The number of hydrogen-bond donors (Lipinski definition) is 1. The third-order valence-corrected chi connectivity index (χ3v) is 3.85. The van der Waals surface area contributed by atoms with Crippen LogP contribution in [0, 0.1) is 5.82 Å². The summed E-state index contributed by atoms with van der Waals surface area (Å²) < 4.78 is 15.7. The van der Waals surface area contributed by atoms with Crippen molar-refractivity contribution < 1.29 is 9.50 Å². The summed E-state index contributed by atoms with van der Waals surface area (Å²) in [6.07, 6.45) is 5.57. The Bertz CT molecular complexity index is 608. The molecule has 0 bridgehead atoms. The molecule has 100 valence electrons. The van der Waals surface area contributed by atoms with Crippen molar-refractivity contribution in [3.05, 3.63) is 53.4 Å². The first-order chi connectivity index (χ1) is 9.16. The van der Waals surface area contributed by atoms with Gasteiger partial charge in [0.1, 0.15) is 17.2 Å². The summed E-state index contributed by atoms with van der Waals surface area (Å²) in [6.45, 7) is 2.89. The maximum atomic E-state index is 13.8. The molecule has 1 unspecified atom stereocenters. The molecule has 1 N–H and O–H groups in total. The first kappa shape index (κ1) is 12.4. The van der Waals surface area contributed by atoms with Crippen LogP contribution < -0.4 is 0 Å². The molecule has 0 spiro atoms. The summed E-state index contributed by atoms with van der Waals surface area (Å²) in [5.41, 5.74) is 0.128. The second-order valence-corrected chi connectivity index (χ2v) is 5.07. The fourth-order valence-electron chi connectivity index (χ4n) is 2.97. The molecule has 1 aliphatic rings. The van der Waals surface area contributed by atoms with E-state index >= 15 is 0 Å². The van der Waals surface area contributed by atoms with Gasteiger partial charge < -0.3 is 9.67 Å². The van der Waals surface area contributed by atoms with E-state index in [9.17, 15) is 9.50 Å². The molecule has 4 heteroatoms. The summed E-state index contributed by atoms with van der Waals surface area (Å²) >= 11 is 0. The number of aliphatic hydroxyl groups is 1. The van der Waals surface area contributed by atoms with Gasteiger partial charge >= 0.3 is 0 Å². The number of aryl methyl sites for hydroxylation is 1. The number of hydrogen-bond acceptors (Lipinski definition) is 2. The predicted molar refractivity (Wildman–Crippen MR) is 70.2 cm³/mol. The normalized spacial score (nSPS) is 21.6. The molecule has 1 aliphatic carbocycles. The molecule has 1 aromatic carbocycles. The highest BCUT2D eigenvalue weighted by Gasteiger charge is 2.42. The molecule has 0 saturated heterocycles. The molecular weight excluding hydrogens is 243 g/mol. The number of nitrogens with zero attached hydrogens (tertiary/aromatic N) is 2. The van der Waals surface area contributed by atoms with Gasteiger partial charge in [-0.05, 0) is 36.5 Å². The predicted octanol–water partition coefficient (Wildman–Crippen LogP) is 2.61. The second kappa shape index (κ2) is 4.46. The minimum Gasteiger partial charge on any atom is -0.377 e. The smallest absolute Gasteiger partial charge is 0.148 e. The third-order valence-electron chi connectivity index (χ3n) is 3.85. The quantitative estimate of drug-likeness (QED) is 0.921. The van der Waals surface area contributed by atoms with Crippen molar-refractivity contribution in [2.24, 2.45) is 0 Å². The van der Waals surface area contributed by atoms with Crippen LogP contribution in [0.4, 0.5) is 4.39 Å². The van der Waals surface area contributed by atoms with Crippen LogP contribution in [0.1, 0.15) is 36.7 Å². The molecule has 0 saturated carbocycles. The zero-order valence-corrected chi connectivity index (χ0v) is 10.9. The van der Waals surface area contributed by atoms with Gasteiger partial charge in [-0.15, -0.1) is 0 Å². The van der Waals surface area contributed by atoms with E-state index in [4.69, 9.17) is 0 Å². The highest BCUT2D eigenvalue weighted by Crippen LogP contribution is 2.42. The third kappa shape index (κ3) is 1.78. The zero-order chi connectivity index (χ0) is 13.5. The molecule has 1 aromatic heterocycles. The van der Waals surface area contributed by atoms with Crippen LogP contribution >= 0.6 is 0 Å². The Morgan fingerprint density at radius 2 is 2.32 bits per heavy atom. The van der Waals surface area contributed by atoms with E-state index in [0.717, 1.165) is 13.0 Å². The number of rotatable bonds is 3. The summed E-state index contributed by atoms with van der Waals surface area (Å²) in [7, 11) is 0. The number of imidazole rings is 1. The molecule has 1 atom stereocenters. The molecule has 19 heavy (non-hydrogen) atoms. The fourth-order valence-corrected chi connectivity index (χ4v) is 2.97. The lowest BCUT2D eigenvalue weighted by Gasteiger charge is -2.24. The Morgan fingerprint density at radius 1 is 1.47 bits per heavy atom. The van der Waals surface area contributed by atoms with Gasteiger partial charge in [-0.25, -0.2) is 9.37 Å². The average molecular weight is 260 g/mol. The van der Waals surface area contributed by atoms with Gasteiger partial charge in [0, 0.05) is 18.9 Å². The summed E-state index contributed by atoms with van der Waals surface area (Å²) in [4.78, 5) is 4.31. The highest BCUT2D eigenvalue weighted by molar-refractivity contribution is 5.42. The average Bonchev–Trinajstić information content (AvgIpc) is 2.98. The molecule has 0 amide bonds. The highest BCUT2D eigenvalue weighted by atomic mass is 19.1. The lowest BCUT2D eigenvalue weighted by Crippen LogP contribution is -2.28. The van der Waals surface area contributed by atoms with Crippen molar-refractivity contribution in [2.45, 2.75) is 38.3 Å². The van der Waals surface area contributed by atoms with Crippen LogP contribution in [-0.4, -0.2) is 14.7 Å². The lowest BCUT2D eigenvalue weighted by atomic mass is 9.95. The molecule has 0 fully saturated rings. The van der Waals surface area contributed by atoms with Crippen molar-refractivity contribution in [1.82, 2.24) is 9.55 Å². The van der Waals surface area contributed by atoms with Crippen molar-refractivity contribution in [2.75, 3.05) is 0 Å². The van der Waals surface area contributed by atoms with E-state index < -0.39 is 5.60 Å². The molecule has 2 aromatic rings. The van der Waals surface area contributed by atoms with E-state index in [1.165, 1.54) is 6.07 Å². The van der Waals surface area contributed by atoms with Gasteiger partial charge in [0.15, 0.2) is 0 Å². The van der Waals surface area contributed by atoms with Crippen molar-refractivity contribution in [1.29, 1.82) is 0 Å². The number of aromatic nitrogens is 2. The van der Waals surface area contributed by atoms with Gasteiger partial charge in [-0.2, -0.15) is 0 Å². The van der Waals surface area contributed by atoms with Gasteiger partial charge in [0.25, 0.3) is 0 Å². The molecule has 1 heterocycles. The van der Waals surface area contributed by atoms with E-state index in [1.54, 1.807) is 18.3 Å². The Kier molecular flexibility index (Phi) is 2.90. The summed E-state index contributed by atoms with van der Waals surface area (Å²) in [5.74, 6) is 0.390. The van der Waals surface area contributed by atoms with Gasteiger partial charge in [-0.1, -0.05) is 19.1 Å². The van der Waals surface area contributed by atoms with Crippen LogP contribution in [0.3, 0.4) is 0 Å². The van der Waals surface area contributed by atoms with E-state index in [-0.39, 0.29) is 5.82 Å². The van der Waals surface area contributed by atoms with Crippen molar-refractivity contribution in [3.63, 3.8) is 0 Å². The van der Waals surface area contributed by atoms with Gasteiger partial charge in [0.2, 0.25) is 0 Å². The minimum absolute atomic E-state index is 0.234. The maximum absolute atomic E-state index is 13.8. The van der Waals surface area contributed by atoms with Crippen LogP contribution in [0.2, 0.25) is 0 Å². The lowest BCUT2D eigenvalue weighted by molar-refractivity contribution is 0.0691. The Morgan fingerprint density at radius 3 is 3.11 bits per heavy atom. The standard InChI is InChI=1S/C15H17FN2O/c1-2-9-18-10-8-17-14(18)15(19)7-6-11-12(15)4-3-5-13(11)16/h3-5,8,10,19H,2,6-7,9H2,1H3. The maximum Gasteiger partial charge on any atom is 0.148 e. The van der Waals surface area contributed by atoms with E-state index in [1.807, 2.05) is 10.8 Å². The first-order valence-corrected chi connectivity index (χ1v) is 6.68. The topological polar surface area (TPSA) is 38.0 Å². The van der Waals surface area contributed by atoms with E-state index in [0.29, 0.717) is 29.8 Å². The second-order valence-electron chi connectivity index (χ2n) is 5.07. The van der Waals surface area contributed by atoms with Crippen molar-refractivity contribution >= 4 is 0 Å². The number of benzene rings is 1. The van der Waals surface area contributed by atoms with Crippen LogP contribution in [0.5, 0.6) is 0 Å². The summed E-state index contributed by atoms with van der Waals surface area (Å²) in [5, 5.41) is 11.0. The largest absolute Gasteiger partial charge is 0.377 e. The molecule has 3 rings (SSSR count). The SMILES string of the molecule is CCCn1ccnc1C1(O)CCc2c(F)cccc21. The fraction of sp³-hybridized carbons (Fsp3) is 0.400. The molecular formula is C15H17FN2O. The molecule has 0 aliphatic heterocycles. The Balaban J connectivity index is 2.11. The zero-order valence-electron chi connectivity index (χ0n) is 10.9. The van der Waals surface area contributed by atoms with Crippen LogP contribution in [-0.2, 0) is 18.6 Å². The Labute approximate surface area is 111 Å². The molecule has 3 nitrogen and oxygen atoms in total. The Hall–Kier alpha value is -1.68.